The van der Waals surface area contributed by atoms with Crippen molar-refractivity contribution in [3.05, 3.63) is 34.9 Å². The SMILES string of the molecule is CC(C)C[C@@H](NC(=O)c1ccc(Cl)cc1)C(=O)O[C@@H](C)C(=O)N1CCNC1=O. The van der Waals surface area contributed by atoms with Crippen LogP contribution in [0.2, 0.25) is 5.02 Å². The molecule has 0 radical (unpaired) electrons. The second-order valence-corrected chi connectivity index (χ2v) is 7.40. The number of ether oxygens (including phenoxy) is 1. The van der Waals surface area contributed by atoms with Crippen LogP contribution in [0.3, 0.4) is 0 Å². The van der Waals surface area contributed by atoms with Gasteiger partial charge >= 0.3 is 12.0 Å². The van der Waals surface area contributed by atoms with Gasteiger partial charge in [-0.25, -0.2) is 9.59 Å². The minimum atomic E-state index is -1.14. The predicted octanol–water partition coefficient (Wildman–Crippen LogP) is 1.97. The molecule has 0 unspecified atom stereocenters. The quantitative estimate of drug-likeness (QED) is 0.670. The number of hydrogen-bond donors (Lipinski definition) is 2. The molecule has 1 saturated heterocycles. The van der Waals surface area contributed by atoms with Gasteiger partial charge in [0.15, 0.2) is 6.10 Å². The topological polar surface area (TPSA) is 105 Å². The minimum Gasteiger partial charge on any atom is -0.451 e. The lowest BCUT2D eigenvalue weighted by molar-refractivity contribution is -0.159. The van der Waals surface area contributed by atoms with Crippen molar-refractivity contribution in [3.63, 3.8) is 0 Å². The van der Waals surface area contributed by atoms with Gasteiger partial charge in [-0.05, 0) is 43.5 Å². The number of nitrogens with one attached hydrogen (secondary N) is 2. The maximum atomic E-state index is 12.6. The molecule has 0 aromatic heterocycles. The van der Waals surface area contributed by atoms with Crippen LogP contribution in [0.15, 0.2) is 24.3 Å². The van der Waals surface area contributed by atoms with Crippen LogP contribution in [0, 0.1) is 5.92 Å². The zero-order valence-electron chi connectivity index (χ0n) is 16.0. The average molecular weight is 410 g/mol. The van der Waals surface area contributed by atoms with Crippen LogP contribution in [-0.4, -0.2) is 54.0 Å². The summed E-state index contributed by atoms with van der Waals surface area (Å²) in [5, 5.41) is 5.65. The third-order valence-electron chi connectivity index (χ3n) is 4.17. The van der Waals surface area contributed by atoms with Crippen molar-refractivity contribution in [2.75, 3.05) is 13.1 Å². The highest BCUT2D eigenvalue weighted by Crippen LogP contribution is 2.13. The highest BCUT2D eigenvalue weighted by Gasteiger charge is 2.33. The molecule has 152 valence electrons. The molecule has 2 rings (SSSR count). The Morgan fingerprint density at radius 3 is 2.39 bits per heavy atom. The normalized spacial score (nSPS) is 15.8. The number of amides is 4. The van der Waals surface area contributed by atoms with E-state index in [4.69, 9.17) is 16.3 Å². The average Bonchev–Trinajstić information content (AvgIpc) is 3.06. The molecule has 0 saturated carbocycles. The lowest BCUT2D eigenvalue weighted by Gasteiger charge is -2.23. The first kappa shape index (κ1) is 21.7. The molecule has 9 heteroatoms. The van der Waals surface area contributed by atoms with Gasteiger partial charge in [0, 0.05) is 23.7 Å². The van der Waals surface area contributed by atoms with Crippen LogP contribution in [-0.2, 0) is 14.3 Å². The molecule has 28 heavy (non-hydrogen) atoms. The van der Waals surface area contributed by atoms with Crippen molar-refractivity contribution in [1.29, 1.82) is 0 Å². The summed E-state index contributed by atoms with van der Waals surface area (Å²) in [4.78, 5) is 49.9. The minimum absolute atomic E-state index is 0.0958. The van der Waals surface area contributed by atoms with Crippen LogP contribution >= 0.6 is 11.6 Å². The highest BCUT2D eigenvalue weighted by atomic mass is 35.5. The summed E-state index contributed by atoms with van der Waals surface area (Å²) >= 11 is 5.82. The van der Waals surface area contributed by atoms with Gasteiger partial charge in [-0.1, -0.05) is 25.4 Å². The van der Waals surface area contributed by atoms with E-state index in [1.807, 2.05) is 13.8 Å². The Kier molecular flexibility index (Phi) is 7.39. The molecule has 1 heterocycles. The molecule has 4 amide bonds. The lowest BCUT2D eigenvalue weighted by Crippen LogP contribution is -2.47. The van der Waals surface area contributed by atoms with Gasteiger partial charge in [-0.15, -0.1) is 0 Å². The molecule has 1 fully saturated rings. The van der Waals surface area contributed by atoms with Crippen LogP contribution in [0.25, 0.3) is 0 Å². The van der Waals surface area contributed by atoms with Crippen LogP contribution in [0.4, 0.5) is 4.79 Å². The maximum Gasteiger partial charge on any atom is 0.329 e. The molecule has 1 aromatic rings. The fraction of sp³-hybridized carbons (Fsp3) is 0.474. The number of imide groups is 1. The molecule has 0 spiro atoms. The van der Waals surface area contributed by atoms with E-state index >= 15 is 0 Å². The highest BCUT2D eigenvalue weighted by molar-refractivity contribution is 6.30. The molecule has 2 N–H and O–H groups in total. The van der Waals surface area contributed by atoms with Gasteiger partial charge < -0.3 is 15.4 Å². The molecule has 1 aliphatic heterocycles. The fourth-order valence-electron chi connectivity index (χ4n) is 2.74. The zero-order valence-corrected chi connectivity index (χ0v) is 16.8. The summed E-state index contributed by atoms with van der Waals surface area (Å²) in [7, 11) is 0. The standard InChI is InChI=1S/C19H24ClN3O5/c1-11(2)10-15(22-16(24)13-4-6-14(20)7-5-13)18(26)28-12(3)17(25)23-9-8-21-19(23)27/h4-7,11-12,15H,8-10H2,1-3H3,(H,21,27)(H,22,24)/t12-,15+/m0/s1. The summed E-state index contributed by atoms with van der Waals surface area (Å²) in [5.74, 6) is -1.68. The molecule has 8 nitrogen and oxygen atoms in total. The molecule has 2 atom stereocenters. The van der Waals surface area contributed by atoms with Crippen molar-refractivity contribution in [2.24, 2.45) is 5.92 Å². The van der Waals surface area contributed by atoms with Gasteiger partial charge in [-0.2, -0.15) is 0 Å². The monoisotopic (exact) mass is 409 g/mol. The Bertz CT molecular complexity index is 750. The Hall–Kier alpha value is -2.61. The second-order valence-electron chi connectivity index (χ2n) is 6.96. The number of carbonyl (C=O) groups is 4. The smallest absolute Gasteiger partial charge is 0.329 e. The summed E-state index contributed by atoms with van der Waals surface area (Å²) < 4.78 is 5.25. The van der Waals surface area contributed by atoms with Crippen molar-refractivity contribution >= 4 is 35.4 Å². The van der Waals surface area contributed by atoms with E-state index in [-0.39, 0.29) is 12.5 Å². The van der Waals surface area contributed by atoms with Gasteiger partial charge in [-0.3, -0.25) is 14.5 Å². The maximum absolute atomic E-state index is 12.6. The van der Waals surface area contributed by atoms with Crippen molar-refractivity contribution in [1.82, 2.24) is 15.5 Å². The molecule has 0 aliphatic carbocycles. The van der Waals surface area contributed by atoms with Gasteiger partial charge in [0.05, 0.1) is 0 Å². The Morgan fingerprint density at radius 2 is 1.86 bits per heavy atom. The lowest BCUT2D eigenvalue weighted by atomic mass is 10.0. The third-order valence-corrected chi connectivity index (χ3v) is 4.42. The summed E-state index contributed by atoms with van der Waals surface area (Å²) in [6, 6.07) is 4.82. The number of esters is 1. The number of rotatable bonds is 7. The van der Waals surface area contributed by atoms with Crippen LogP contribution < -0.4 is 10.6 Å². The molecule has 1 aliphatic rings. The zero-order chi connectivity index (χ0) is 20.8. The van der Waals surface area contributed by atoms with E-state index in [9.17, 15) is 19.2 Å². The Balaban J connectivity index is 2.03. The van der Waals surface area contributed by atoms with Crippen LogP contribution in [0.5, 0.6) is 0 Å². The number of benzene rings is 1. The second kappa shape index (κ2) is 9.54. The number of urea groups is 1. The molecular formula is C19H24ClN3O5. The molecule has 1 aromatic carbocycles. The first-order chi connectivity index (χ1) is 13.2. The van der Waals surface area contributed by atoms with E-state index < -0.39 is 36.0 Å². The predicted molar refractivity (Wildman–Crippen MR) is 103 cm³/mol. The number of hydrogen-bond acceptors (Lipinski definition) is 5. The van der Waals surface area contributed by atoms with Crippen molar-refractivity contribution in [3.8, 4) is 0 Å². The number of halogens is 1. The molecule has 0 bridgehead atoms. The third kappa shape index (κ3) is 5.69. The van der Waals surface area contributed by atoms with Crippen LogP contribution in [0.1, 0.15) is 37.6 Å². The summed E-state index contributed by atoms with van der Waals surface area (Å²) in [6.07, 6.45) is -0.804. The fourth-order valence-corrected chi connectivity index (χ4v) is 2.86. The van der Waals surface area contributed by atoms with Crippen molar-refractivity contribution in [2.45, 2.75) is 39.3 Å². The summed E-state index contributed by atoms with van der Waals surface area (Å²) in [6.45, 7) is 5.79. The first-order valence-corrected chi connectivity index (χ1v) is 9.43. The molecular weight excluding hydrogens is 386 g/mol. The van der Waals surface area contributed by atoms with Gasteiger partial charge in [0.1, 0.15) is 6.04 Å². The largest absolute Gasteiger partial charge is 0.451 e. The number of carbonyl (C=O) groups excluding carboxylic acids is 4. The van der Waals surface area contributed by atoms with Crippen molar-refractivity contribution < 1.29 is 23.9 Å². The van der Waals surface area contributed by atoms with E-state index in [0.29, 0.717) is 23.6 Å². The van der Waals surface area contributed by atoms with E-state index in [0.717, 1.165) is 4.90 Å². The van der Waals surface area contributed by atoms with Gasteiger partial charge in [0.2, 0.25) is 0 Å². The summed E-state index contributed by atoms with van der Waals surface area (Å²) in [5.41, 5.74) is 0.351. The first-order valence-electron chi connectivity index (χ1n) is 9.05. The van der Waals surface area contributed by atoms with E-state index in [1.54, 1.807) is 24.3 Å². The Labute approximate surface area is 168 Å². The van der Waals surface area contributed by atoms with E-state index in [1.165, 1.54) is 6.92 Å². The van der Waals surface area contributed by atoms with E-state index in [2.05, 4.69) is 10.6 Å². The number of nitrogens with zero attached hydrogens (tertiary/aromatic N) is 1. The Morgan fingerprint density at radius 1 is 1.21 bits per heavy atom. The van der Waals surface area contributed by atoms with Gasteiger partial charge in [0.25, 0.3) is 11.8 Å².